The highest BCUT2D eigenvalue weighted by Gasteiger charge is 2.28. The Morgan fingerprint density at radius 3 is 2.48 bits per heavy atom. The number of carbonyl (C=O) groups excluding carboxylic acids is 1. The van der Waals surface area contributed by atoms with Gasteiger partial charge in [-0.25, -0.2) is 0 Å². The zero-order valence-electron chi connectivity index (χ0n) is 15.7. The molecule has 142 valence electrons. The van der Waals surface area contributed by atoms with Crippen LogP contribution in [0.4, 0.5) is 0 Å². The van der Waals surface area contributed by atoms with Crippen molar-refractivity contribution >= 4 is 11.9 Å². The van der Waals surface area contributed by atoms with Crippen molar-refractivity contribution in [3.63, 3.8) is 0 Å². The molecule has 1 N–H and O–H groups in total. The molecule has 1 heterocycles. The van der Waals surface area contributed by atoms with Gasteiger partial charge in [0.2, 0.25) is 0 Å². The molecule has 1 atom stereocenters. The van der Waals surface area contributed by atoms with Crippen LogP contribution in [-0.4, -0.2) is 34.4 Å². The number of aliphatic carboxylic acids is 1. The van der Waals surface area contributed by atoms with Crippen molar-refractivity contribution in [2.45, 2.75) is 71.8 Å². The van der Waals surface area contributed by atoms with Gasteiger partial charge in [0.1, 0.15) is 11.5 Å². The van der Waals surface area contributed by atoms with Gasteiger partial charge in [0.25, 0.3) is 5.88 Å². The quantitative estimate of drug-likeness (QED) is 0.503. The van der Waals surface area contributed by atoms with Gasteiger partial charge in [0, 0.05) is 12.5 Å². The number of carboxylic acids is 1. The van der Waals surface area contributed by atoms with Crippen molar-refractivity contribution in [1.29, 1.82) is 0 Å². The van der Waals surface area contributed by atoms with Gasteiger partial charge in [0.05, 0.1) is 6.61 Å². The molecule has 0 fully saturated rings. The maximum absolute atomic E-state index is 11.6. The molecule has 0 aliphatic rings. The Hall–Kier alpha value is -2.05. The van der Waals surface area contributed by atoms with Crippen molar-refractivity contribution in [1.82, 2.24) is 5.16 Å². The molecule has 7 heteroatoms. The van der Waals surface area contributed by atoms with Crippen molar-refractivity contribution in [3.8, 4) is 5.88 Å². The number of aromatic nitrogens is 1. The molecule has 1 aromatic heterocycles. The van der Waals surface area contributed by atoms with Crippen LogP contribution in [0.1, 0.15) is 72.0 Å². The van der Waals surface area contributed by atoms with Gasteiger partial charge in [-0.3, -0.25) is 9.59 Å². The first-order valence-electron chi connectivity index (χ1n) is 8.64. The van der Waals surface area contributed by atoms with Gasteiger partial charge in [-0.05, 0) is 51.1 Å². The summed E-state index contributed by atoms with van der Waals surface area (Å²) in [7, 11) is 0. The average molecular weight is 355 g/mol. The Bertz CT molecular complexity index is 558. The second-order valence-corrected chi connectivity index (χ2v) is 7.37. The highest BCUT2D eigenvalue weighted by molar-refractivity contribution is 5.75. The second-order valence-electron chi connectivity index (χ2n) is 7.37. The minimum Gasteiger partial charge on any atom is -0.481 e. The standard InChI is InChI=1S/C18H29NO6/c1-12(2)16(17(21)22)13-11-14(19-25-13)23-10-8-6-7-9-15(20)24-18(3,4)5/h11-12,16H,6-10H2,1-5H3,(H,21,22). The molecule has 0 radical (unpaired) electrons. The topological polar surface area (TPSA) is 98.9 Å². The number of nitrogens with zero attached hydrogens (tertiary/aromatic N) is 1. The van der Waals surface area contributed by atoms with Crippen molar-refractivity contribution in [2.24, 2.45) is 5.92 Å². The lowest BCUT2D eigenvalue weighted by atomic mass is 9.94. The summed E-state index contributed by atoms with van der Waals surface area (Å²) >= 11 is 0. The van der Waals surface area contributed by atoms with Gasteiger partial charge >= 0.3 is 11.9 Å². The van der Waals surface area contributed by atoms with Crippen LogP contribution in [0.25, 0.3) is 0 Å². The lowest BCUT2D eigenvalue weighted by Crippen LogP contribution is -2.23. The fraction of sp³-hybridized carbons (Fsp3) is 0.722. The maximum Gasteiger partial charge on any atom is 0.314 e. The van der Waals surface area contributed by atoms with Crippen LogP contribution in [0.5, 0.6) is 5.88 Å². The van der Waals surface area contributed by atoms with E-state index in [0.29, 0.717) is 18.8 Å². The van der Waals surface area contributed by atoms with E-state index in [1.165, 1.54) is 6.07 Å². The molecule has 0 amide bonds. The van der Waals surface area contributed by atoms with Crippen LogP contribution in [-0.2, 0) is 14.3 Å². The molecular formula is C18H29NO6. The Balaban J connectivity index is 2.27. The fourth-order valence-corrected chi connectivity index (χ4v) is 2.34. The Morgan fingerprint density at radius 1 is 1.24 bits per heavy atom. The van der Waals surface area contributed by atoms with Crippen LogP contribution in [0, 0.1) is 5.92 Å². The zero-order valence-corrected chi connectivity index (χ0v) is 15.7. The predicted molar refractivity (Wildman–Crippen MR) is 91.5 cm³/mol. The predicted octanol–water partition coefficient (Wildman–Crippen LogP) is 3.78. The number of carboxylic acid groups (broad SMARTS) is 1. The number of hydrogen-bond donors (Lipinski definition) is 1. The SMILES string of the molecule is CC(C)C(C(=O)O)c1cc(OCCCCCC(=O)OC(C)(C)C)no1. The van der Waals surface area contributed by atoms with E-state index >= 15 is 0 Å². The van der Waals surface area contributed by atoms with E-state index in [0.717, 1.165) is 19.3 Å². The van der Waals surface area contributed by atoms with E-state index in [4.69, 9.17) is 14.0 Å². The molecule has 7 nitrogen and oxygen atoms in total. The Kier molecular flexibility index (Phi) is 7.93. The number of ether oxygens (including phenoxy) is 2. The lowest BCUT2D eigenvalue weighted by Gasteiger charge is -2.19. The van der Waals surface area contributed by atoms with Crippen LogP contribution in [0.15, 0.2) is 10.6 Å². The van der Waals surface area contributed by atoms with Gasteiger partial charge in [0.15, 0.2) is 5.76 Å². The molecule has 0 saturated carbocycles. The smallest absolute Gasteiger partial charge is 0.314 e. The highest BCUT2D eigenvalue weighted by Crippen LogP contribution is 2.27. The van der Waals surface area contributed by atoms with Crippen LogP contribution < -0.4 is 4.74 Å². The molecule has 1 unspecified atom stereocenters. The van der Waals surface area contributed by atoms with E-state index < -0.39 is 17.5 Å². The third-order valence-electron chi connectivity index (χ3n) is 3.44. The summed E-state index contributed by atoms with van der Waals surface area (Å²) in [5, 5.41) is 13.0. The minimum atomic E-state index is -0.945. The Morgan fingerprint density at radius 2 is 1.92 bits per heavy atom. The lowest BCUT2D eigenvalue weighted by molar-refractivity contribution is -0.155. The number of unbranched alkanes of at least 4 members (excludes halogenated alkanes) is 2. The molecule has 1 rings (SSSR count). The summed E-state index contributed by atoms with van der Waals surface area (Å²) in [6.07, 6.45) is 2.71. The van der Waals surface area contributed by atoms with E-state index in [9.17, 15) is 14.7 Å². The van der Waals surface area contributed by atoms with Gasteiger partial charge in [-0.1, -0.05) is 13.8 Å². The third kappa shape index (κ3) is 8.05. The summed E-state index contributed by atoms with van der Waals surface area (Å²) in [4.78, 5) is 22.8. The minimum absolute atomic E-state index is 0.105. The van der Waals surface area contributed by atoms with Crippen LogP contribution in [0.2, 0.25) is 0 Å². The summed E-state index contributed by atoms with van der Waals surface area (Å²) in [6.45, 7) is 9.59. The molecule has 0 saturated heterocycles. The van der Waals surface area contributed by atoms with Gasteiger partial charge in [-0.2, -0.15) is 0 Å². The normalized spacial score (nSPS) is 12.9. The molecule has 0 bridgehead atoms. The first-order chi connectivity index (χ1) is 11.6. The monoisotopic (exact) mass is 355 g/mol. The van der Waals surface area contributed by atoms with E-state index in [1.54, 1.807) is 0 Å². The number of hydrogen-bond acceptors (Lipinski definition) is 6. The summed E-state index contributed by atoms with van der Waals surface area (Å²) in [5.41, 5.74) is -0.450. The Labute approximate surface area is 148 Å². The molecule has 25 heavy (non-hydrogen) atoms. The van der Waals surface area contributed by atoms with Crippen molar-refractivity contribution in [2.75, 3.05) is 6.61 Å². The summed E-state index contributed by atoms with van der Waals surface area (Å²) in [6, 6.07) is 1.53. The second kappa shape index (κ2) is 9.44. The first kappa shape index (κ1) is 21.0. The molecule has 0 aliphatic carbocycles. The molecule has 0 aromatic carbocycles. The van der Waals surface area contributed by atoms with Crippen molar-refractivity contribution in [3.05, 3.63) is 11.8 Å². The van der Waals surface area contributed by atoms with Gasteiger partial charge < -0.3 is 19.1 Å². The fourth-order valence-electron chi connectivity index (χ4n) is 2.34. The molecule has 0 aliphatic heterocycles. The summed E-state index contributed by atoms with van der Waals surface area (Å²) < 4.78 is 15.8. The van der Waals surface area contributed by atoms with Gasteiger partial charge in [-0.15, -0.1) is 0 Å². The molecule has 0 spiro atoms. The summed E-state index contributed by atoms with van der Waals surface area (Å²) in [5.74, 6) is -1.40. The molecular weight excluding hydrogens is 326 g/mol. The van der Waals surface area contributed by atoms with E-state index in [2.05, 4.69) is 5.16 Å². The van der Waals surface area contributed by atoms with Crippen molar-refractivity contribution < 1.29 is 28.7 Å². The first-order valence-corrected chi connectivity index (χ1v) is 8.64. The molecule has 1 aromatic rings. The van der Waals surface area contributed by atoms with Crippen LogP contribution in [0.3, 0.4) is 0 Å². The number of rotatable bonds is 10. The highest BCUT2D eigenvalue weighted by atomic mass is 16.6. The number of esters is 1. The maximum atomic E-state index is 11.6. The average Bonchev–Trinajstić information content (AvgIpc) is 2.88. The largest absolute Gasteiger partial charge is 0.481 e. The van der Waals surface area contributed by atoms with E-state index in [1.807, 2.05) is 34.6 Å². The van der Waals surface area contributed by atoms with Crippen LogP contribution >= 0.6 is 0 Å². The third-order valence-corrected chi connectivity index (χ3v) is 3.44. The van der Waals surface area contributed by atoms with E-state index in [-0.39, 0.29) is 17.8 Å². The number of carbonyl (C=O) groups is 2. The zero-order chi connectivity index (χ0) is 19.0.